The first-order valence-electron chi connectivity index (χ1n) is 17.4. The van der Waals surface area contributed by atoms with Gasteiger partial charge >= 0.3 is 0 Å². The predicted molar refractivity (Wildman–Crippen MR) is 190 cm³/mol. The normalized spacial score (nSPS) is 28.3. The zero-order chi connectivity index (χ0) is 30.5. The summed E-state index contributed by atoms with van der Waals surface area (Å²) in [7, 11) is 0. The van der Waals surface area contributed by atoms with Crippen LogP contribution in [0.25, 0.3) is 44.2 Å². The quantitative estimate of drug-likeness (QED) is 0.199. The van der Waals surface area contributed by atoms with Crippen molar-refractivity contribution in [2.24, 2.45) is 29.1 Å². The predicted octanol–water partition coefficient (Wildman–Crippen LogP) is 11.7. The fourth-order valence-electron chi connectivity index (χ4n) is 11.8. The lowest BCUT2D eigenvalue weighted by molar-refractivity contribution is -0.412. The summed E-state index contributed by atoms with van der Waals surface area (Å²) in [6.07, 6.45) is 4.32. The Morgan fingerprint density at radius 3 is 2.00 bits per heavy atom. The van der Waals surface area contributed by atoms with Crippen LogP contribution in [0.3, 0.4) is 0 Å². The number of hydrogen-bond donors (Lipinski definition) is 0. The molecule has 0 radical (unpaired) electrons. The fourth-order valence-corrected chi connectivity index (χ4v) is 11.8. The molecule has 4 unspecified atom stereocenters. The first kappa shape index (κ1) is 25.1. The summed E-state index contributed by atoms with van der Waals surface area (Å²) in [4.78, 5) is 2.41. The van der Waals surface area contributed by atoms with Crippen LogP contribution in [-0.2, 0) is 5.41 Å². The van der Waals surface area contributed by atoms with Crippen LogP contribution in [-0.4, -0.2) is 0 Å². The lowest BCUT2D eigenvalue weighted by atomic mass is 9.11. The van der Waals surface area contributed by atoms with Crippen molar-refractivity contribution in [3.05, 3.63) is 151 Å². The molecular formula is C45H33NO. The Morgan fingerprint density at radius 2 is 1.19 bits per heavy atom. The molecule has 0 amide bonds. The lowest BCUT2D eigenvalue weighted by Gasteiger charge is -2.92. The maximum atomic E-state index is 6.37. The average molecular weight is 604 g/mol. The first-order chi connectivity index (χ1) is 23.3. The number of rotatable bonds is 4. The van der Waals surface area contributed by atoms with Gasteiger partial charge in [-0.1, -0.05) is 84.9 Å². The number of para-hydroxylation sites is 2. The van der Waals surface area contributed by atoms with Crippen molar-refractivity contribution in [2.75, 3.05) is 4.90 Å². The van der Waals surface area contributed by atoms with Crippen LogP contribution in [0.5, 0.6) is 0 Å². The Labute approximate surface area is 274 Å². The van der Waals surface area contributed by atoms with Gasteiger partial charge in [-0.25, -0.2) is 0 Å². The summed E-state index contributed by atoms with van der Waals surface area (Å²) in [5, 5.41) is 2.32. The second-order valence-electron chi connectivity index (χ2n) is 14.9. The van der Waals surface area contributed by atoms with E-state index in [1.807, 2.05) is 6.07 Å². The van der Waals surface area contributed by atoms with Gasteiger partial charge in [0.15, 0.2) is 0 Å². The minimum atomic E-state index is 0.173. The summed E-state index contributed by atoms with van der Waals surface area (Å²) < 4.78 is 6.37. The number of benzene rings is 6. The molecule has 0 saturated heterocycles. The van der Waals surface area contributed by atoms with Gasteiger partial charge in [-0.15, -0.1) is 0 Å². The molecule has 0 bridgehead atoms. The largest absolute Gasteiger partial charge is 0.456 e. The molecule has 0 aliphatic heterocycles. The van der Waals surface area contributed by atoms with Crippen molar-refractivity contribution in [3.8, 4) is 22.3 Å². The van der Waals surface area contributed by atoms with Gasteiger partial charge in [-0.3, -0.25) is 0 Å². The third-order valence-electron chi connectivity index (χ3n) is 13.5. The zero-order valence-electron chi connectivity index (χ0n) is 26.1. The van der Waals surface area contributed by atoms with Crippen LogP contribution >= 0.6 is 0 Å². The molecule has 4 fully saturated rings. The number of hydrogen-bond acceptors (Lipinski definition) is 2. The molecule has 0 N–H and O–H groups in total. The summed E-state index contributed by atoms with van der Waals surface area (Å²) >= 11 is 0. The van der Waals surface area contributed by atoms with E-state index in [0.29, 0.717) is 5.41 Å². The Hall–Kier alpha value is -5.08. The summed E-state index contributed by atoms with van der Waals surface area (Å²) in [5.41, 5.74) is 14.9. The zero-order valence-corrected chi connectivity index (χ0v) is 26.1. The molecule has 224 valence electrons. The molecule has 47 heavy (non-hydrogen) atoms. The van der Waals surface area contributed by atoms with Crippen LogP contribution in [0, 0.1) is 29.1 Å². The SMILES string of the molecule is c1ccc(-c2ccc3c(c2)C2(c4ccc(N(c5ccccc5)c5ccc6c(c5)oc5ccccc56)cc4-3)C3CC4CC5CC2C453)cc1. The van der Waals surface area contributed by atoms with E-state index in [0.717, 1.165) is 57.0 Å². The van der Waals surface area contributed by atoms with Gasteiger partial charge in [0.2, 0.25) is 0 Å². The van der Waals surface area contributed by atoms with Crippen molar-refractivity contribution in [2.45, 2.75) is 24.7 Å². The first-order valence-corrected chi connectivity index (χ1v) is 17.4. The standard InChI is InChI=1S/C45H33NO/c1-3-9-27(10-4-1)28-15-18-34-37-25-32(17-20-38(37)45(39(34)21-28)42-23-29-22-30-24-43(45)44(29,30)42)46(31-11-5-2-6-12-31)33-16-19-36-35-13-7-8-14-40(35)47-41(36)26-33/h1-21,25-26,29-30,42-43H,22-24H2. The monoisotopic (exact) mass is 603 g/mol. The van der Waals surface area contributed by atoms with Crippen molar-refractivity contribution < 1.29 is 4.42 Å². The second-order valence-corrected chi connectivity index (χ2v) is 14.9. The molecular weight excluding hydrogens is 571 g/mol. The molecule has 7 aromatic rings. The van der Waals surface area contributed by atoms with Crippen molar-refractivity contribution in [1.29, 1.82) is 0 Å². The van der Waals surface area contributed by atoms with Crippen LogP contribution in [0.15, 0.2) is 144 Å². The Kier molecular flexibility index (Phi) is 4.50. The molecule has 1 heterocycles. The van der Waals surface area contributed by atoms with E-state index in [9.17, 15) is 0 Å². The average Bonchev–Trinajstić information content (AvgIpc) is 3.60. The highest BCUT2D eigenvalue weighted by molar-refractivity contribution is 6.06. The van der Waals surface area contributed by atoms with E-state index in [1.165, 1.54) is 47.2 Å². The molecule has 2 nitrogen and oxygen atoms in total. The third kappa shape index (κ3) is 2.79. The summed E-state index contributed by atoms with van der Waals surface area (Å²) in [5.74, 6) is 3.59. The van der Waals surface area contributed by atoms with Gasteiger partial charge in [0.1, 0.15) is 11.2 Å². The lowest BCUT2D eigenvalue weighted by Crippen LogP contribution is -2.88. The van der Waals surface area contributed by atoms with Gasteiger partial charge in [0.05, 0.1) is 0 Å². The van der Waals surface area contributed by atoms with Crippen molar-refractivity contribution in [1.82, 2.24) is 0 Å². The van der Waals surface area contributed by atoms with Crippen LogP contribution < -0.4 is 4.90 Å². The van der Waals surface area contributed by atoms with Gasteiger partial charge in [-0.05, 0) is 130 Å². The molecule has 6 aromatic carbocycles. The molecule has 12 rings (SSSR count). The minimum absolute atomic E-state index is 0.173. The highest BCUT2D eigenvalue weighted by Crippen LogP contribution is 2.94. The molecule has 4 atom stereocenters. The molecule has 5 aliphatic rings. The summed E-state index contributed by atoms with van der Waals surface area (Å²) in [6, 6.07) is 51.6. The maximum absolute atomic E-state index is 6.37. The number of fused-ring (bicyclic) bond motifs is 10. The molecule has 2 heteroatoms. The van der Waals surface area contributed by atoms with Crippen LogP contribution in [0.4, 0.5) is 17.1 Å². The topological polar surface area (TPSA) is 16.4 Å². The van der Waals surface area contributed by atoms with Crippen molar-refractivity contribution in [3.63, 3.8) is 0 Å². The van der Waals surface area contributed by atoms with E-state index in [4.69, 9.17) is 4.42 Å². The van der Waals surface area contributed by atoms with E-state index >= 15 is 0 Å². The third-order valence-corrected chi connectivity index (χ3v) is 13.5. The second kappa shape index (κ2) is 8.44. The molecule has 1 aromatic heterocycles. The van der Waals surface area contributed by atoms with Crippen LogP contribution in [0.2, 0.25) is 0 Å². The van der Waals surface area contributed by atoms with Gasteiger partial charge in [0, 0.05) is 39.3 Å². The molecule has 5 aliphatic carbocycles. The molecule has 4 saturated carbocycles. The van der Waals surface area contributed by atoms with E-state index in [2.05, 4.69) is 138 Å². The van der Waals surface area contributed by atoms with Crippen molar-refractivity contribution >= 4 is 39.0 Å². The smallest absolute Gasteiger partial charge is 0.137 e. The van der Waals surface area contributed by atoms with E-state index in [-0.39, 0.29) is 5.41 Å². The van der Waals surface area contributed by atoms with Gasteiger partial charge in [-0.2, -0.15) is 0 Å². The Morgan fingerprint density at radius 1 is 0.489 bits per heavy atom. The number of anilines is 3. The minimum Gasteiger partial charge on any atom is -0.456 e. The Bertz CT molecular complexity index is 2420. The Balaban J connectivity index is 1.05. The van der Waals surface area contributed by atoms with E-state index < -0.39 is 0 Å². The highest BCUT2D eigenvalue weighted by Gasteiger charge is 2.90. The van der Waals surface area contributed by atoms with Gasteiger partial charge < -0.3 is 9.32 Å². The molecule has 2 spiro atoms. The highest BCUT2D eigenvalue weighted by atomic mass is 16.3. The van der Waals surface area contributed by atoms with Gasteiger partial charge in [0.25, 0.3) is 0 Å². The maximum Gasteiger partial charge on any atom is 0.137 e. The number of nitrogens with zero attached hydrogens (tertiary/aromatic N) is 1. The fraction of sp³-hybridized carbons (Fsp3) is 0.200. The summed E-state index contributed by atoms with van der Waals surface area (Å²) in [6.45, 7) is 0. The van der Waals surface area contributed by atoms with Crippen LogP contribution in [0.1, 0.15) is 30.4 Å². The number of furan rings is 1. The van der Waals surface area contributed by atoms with E-state index in [1.54, 1.807) is 11.1 Å².